The van der Waals surface area contributed by atoms with E-state index >= 15 is 0 Å². The molecular formula is C23H21N5O4. The van der Waals surface area contributed by atoms with E-state index in [1.54, 1.807) is 21.4 Å². The normalized spacial score (nSPS) is 10.8. The zero-order valence-electron chi connectivity index (χ0n) is 17.4. The number of methoxy groups -OCH3 is 1. The van der Waals surface area contributed by atoms with Gasteiger partial charge in [0.1, 0.15) is 11.7 Å². The summed E-state index contributed by atoms with van der Waals surface area (Å²) in [6, 6.07) is 15.9. The third-order valence-corrected chi connectivity index (χ3v) is 5.00. The van der Waals surface area contributed by atoms with Gasteiger partial charge in [0.05, 0.1) is 32.0 Å². The SMILES string of the molecule is COC(=O)c1ccc(C(=O)NCCn2ncc3c(=O)n(Cc4ccccc4)cnc32)cc1. The van der Waals surface area contributed by atoms with Gasteiger partial charge in [0.2, 0.25) is 0 Å². The Morgan fingerprint density at radius 2 is 1.75 bits per heavy atom. The minimum atomic E-state index is -0.460. The number of aromatic nitrogens is 4. The molecule has 1 N–H and O–H groups in total. The topological polar surface area (TPSA) is 108 Å². The molecule has 2 aromatic heterocycles. The number of amides is 1. The maximum Gasteiger partial charge on any atom is 0.337 e. The molecule has 4 rings (SSSR count). The zero-order valence-corrected chi connectivity index (χ0v) is 17.4. The summed E-state index contributed by atoms with van der Waals surface area (Å²) < 4.78 is 7.78. The van der Waals surface area contributed by atoms with Crippen molar-refractivity contribution in [2.75, 3.05) is 13.7 Å². The van der Waals surface area contributed by atoms with E-state index in [0.29, 0.717) is 41.8 Å². The number of hydrogen-bond donors (Lipinski definition) is 1. The minimum Gasteiger partial charge on any atom is -0.465 e. The van der Waals surface area contributed by atoms with Gasteiger partial charge in [-0.05, 0) is 29.8 Å². The molecule has 2 aromatic carbocycles. The highest BCUT2D eigenvalue weighted by atomic mass is 16.5. The van der Waals surface area contributed by atoms with Gasteiger partial charge in [0.15, 0.2) is 5.65 Å². The molecule has 0 saturated heterocycles. The second kappa shape index (κ2) is 9.25. The molecule has 0 unspecified atom stereocenters. The van der Waals surface area contributed by atoms with Crippen LogP contribution in [0.5, 0.6) is 0 Å². The first-order valence-electron chi connectivity index (χ1n) is 9.98. The molecule has 0 aliphatic carbocycles. The first kappa shape index (κ1) is 21.0. The van der Waals surface area contributed by atoms with Crippen LogP contribution in [0.15, 0.2) is 71.9 Å². The third-order valence-electron chi connectivity index (χ3n) is 5.00. The number of ether oxygens (including phenoxy) is 1. The molecule has 2 heterocycles. The lowest BCUT2D eigenvalue weighted by Crippen LogP contribution is -2.28. The molecule has 162 valence electrons. The van der Waals surface area contributed by atoms with Crippen LogP contribution in [0, 0.1) is 0 Å². The second-order valence-electron chi connectivity index (χ2n) is 7.09. The van der Waals surface area contributed by atoms with E-state index in [4.69, 9.17) is 0 Å². The van der Waals surface area contributed by atoms with Crippen LogP contribution in [0.25, 0.3) is 11.0 Å². The van der Waals surface area contributed by atoms with Crippen molar-refractivity contribution in [2.24, 2.45) is 0 Å². The van der Waals surface area contributed by atoms with Gasteiger partial charge in [-0.3, -0.25) is 14.2 Å². The van der Waals surface area contributed by atoms with Crippen molar-refractivity contribution in [1.82, 2.24) is 24.6 Å². The highest BCUT2D eigenvalue weighted by Gasteiger charge is 2.12. The average Bonchev–Trinajstić information content (AvgIpc) is 3.25. The summed E-state index contributed by atoms with van der Waals surface area (Å²) in [5, 5.41) is 7.47. The van der Waals surface area contributed by atoms with Gasteiger partial charge in [0.25, 0.3) is 11.5 Å². The Labute approximate surface area is 183 Å². The molecule has 0 aliphatic heterocycles. The van der Waals surface area contributed by atoms with E-state index in [2.05, 4.69) is 20.1 Å². The summed E-state index contributed by atoms with van der Waals surface area (Å²) in [6.07, 6.45) is 3.01. The molecule has 4 aromatic rings. The summed E-state index contributed by atoms with van der Waals surface area (Å²) in [5.74, 6) is -0.742. The van der Waals surface area contributed by atoms with E-state index in [0.717, 1.165) is 5.56 Å². The Balaban J connectivity index is 1.40. The fraction of sp³-hybridized carbons (Fsp3) is 0.174. The van der Waals surface area contributed by atoms with Crippen LogP contribution in [0.1, 0.15) is 26.3 Å². The molecule has 9 heteroatoms. The number of nitrogens with one attached hydrogen (secondary N) is 1. The molecule has 0 atom stereocenters. The fourth-order valence-corrected chi connectivity index (χ4v) is 3.31. The molecule has 32 heavy (non-hydrogen) atoms. The Kier molecular flexibility index (Phi) is 6.07. The van der Waals surface area contributed by atoms with Crippen molar-refractivity contribution in [2.45, 2.75) is 13.1 Å². The van der Waals surface area contributed by atoms with Gasteiger partial charge in [-0.2, -0.15) is 5.10 Å². The van der Waals surface area contributed by atoms with Crippen LogP contribution >= 0.6 is 0 Å². The Bertz CT molecular complexity index is 1310. The highest BCUT2D eigenvalue weighted by Crippen LogP contribution is 2.08. The number of hydrogen-bond acceptors (Lipinski definition) is 6. The Hall–Kier alpha value is -4.27. The summed E-state index contributed by atoms with van der Waals surface area (Å²) >= 11 is 0. The standard InChI is InChI=1S/C23H21N5O4/c1-32-23(31)18-9-7-17(8-10-18)21(29)24-11-12-28-20-19(13-26-28)22(30)27(15-25-20)14-16-5-3-2-4-6-16/h2-10,13,15H,11-12,14H2,1H3,(H,24,29). The molecule has 0 bridgehead atoms. The Morgan fingerprint density at radius 1 is 1.03 bits per heavy atom. The van der Waals surface area contributed by atoms with E-state index in [-0.39, 0.29) is 11.5 Å². The second-order valence-corrected chi connectivity index (χ2v) is 7.09. The summed E-state index contributed by atoms with van der Waals surface area (Å²) in [7, 11) is 1.30. The molecular weight excluding hydrogens is 410 g/mol. The van der Waals surface area contributed by atoms with Crippen molar-refractivity contribution >= 4 is 22.9 Å². The monoisotopic (exact) mass is 431 g/mol. The van der Waals surface area contributed by atoms with Crippen molar-refractivity contribution in [3.63, 3.8) is 0 Å². The summed E-state index contributed by atoms with van der Waals surface area (Å²) in [6.45, 7) is 1.08. The van der Waals surface area contributed by atoms with E-state index in [9.17, 15) is 14.4 Å². The lowest BCUT2D eigenvalue weighted by Gasteiger charge is -2.08. The lowest BCUT2D eigenvalue weighted by atomic mass is 10.1. The van der Waals surface area contributed by atoms with Crippen LogP contribution in [0.3, 0.4) is 0 Å². The first-order valence-corrected chi connectivity index (χ1v) is 9.98. The Morgan fingerprint density at radius 3 is 2.47 bits per heavy atom. The van der Waals surface area contributed by atoms with Crippen LogP contribution in [-0.4, -0.2) is 44.9 Å². The van der Waals surface area contributed by atoms with Crippen molar-refractivity contribution in [3.05, 3.63) is 94.2 Å². The summed E-state index contributed by atoms with van der Waals surface area (Å²) in [4.78, 5) is 41.0. The molecule has 0 saturated carbocycles. The predicted octanol–water partition coefficient (Wildman–Crippen LogP) is 1.86. The largest absolute Gasteiger partial charge is 0.465 e. The zero-order chi connectivity index (χ0) is 22.5. The number of rotatable bonds is 7. The van der Waals surface area contributed by atoms with E-state index in [1.165, 1.54) is 31.8 Å². The van der Waals surface area contributed by atoms with Crippen molar-refractivity contribution in [3.8, 4) is 0 Å². The predicted molar refractivity (Wildman–Crippen MR) is 117 cm³/mol. The number of fused-ring (bicyclic) bond motifs is 1. The van der Waals surface area contributed by atoms with Gasteiger partial charge >= 0.3 is 5.97 Å². The number of carbonyl (C=O) groups is 2. The number of carbonyl (C=O) groups excluding carboxylic acids is 2. The molecule has 0 aliphatic rings. The minimum absolute atomic E-state index is 0.167. The van der Waals surface area contributed by atoms with E-state index < -0.39 is 5.97 Å². The maximum atomic E-state index is 12.8. The lowest BCUT2D eigenvalue weighted by molar-refractivity contribution is 0.0600. The quantitative estimate of drug-likeness (QED) is 0.448. The number of esters is 1. The molecule has 0 spiro atoms. The van der Waals surface area contributed by atoms with Gasteiger partial charge in [0, 0.05) is 12.1 Å². The van der Waals surface area contributed by atoms with Gasteiger partial charge < -0.3 is 10.1 Å². The molecule has 0 radical (unpaired) electrons. The smallest absolute Gasteiger partial charge is 0.337 e. The first-order chi connectivity index (χ1) is 15.6. The average molecular weight is 431 g/mol. The fourth-order valence-electron chi connectivity index (χ4n) is 3.31. The third kappa shape index (κ3) is 4.41. The molecule has 0 fully saturated rings. The van der Waals surface area contributed by atoms with Gasteiger partial charge in [-0.15, -0.1) is 0 Å². The van der Waals surface area contributed by atoms with Crippen LogP contribution in [0.4, 0.5) is 0 Å². The van der Waals surface area contributed by atoms with Gasteiger partial charge in [-0.25, -0.2) is 14.5 Å². The van der Waals surface area contributed by atoms with Crippen molar-refractivity contribution < 1.29 is 14.3 Å². The molecule has 9 nitrogen and oxygen atoms in total. The number of nitrogens with zero attached hydrogens (tertiary/aromatic N) is 4. The molecule has 1 amide bonds. The summed E-state index contributed by atoms with van der Waals surface area (Å²) in [5.41, 5.74) is 2.10. The van der Waals surface area contributed by atoms with Crippen LogP contribution in [-0.2, 0) is 17.8 Å². The van der Waals surface area contributed by atoms with Crippen LogP contribution < -0.4 is 10.9 Å². The van der Waals surface area contributed by atoms with Crippen LogP contribution in [0.2, 0.25) is 0 Å². The highest BCUT2D eigenvalue weighted by molar-refractivity contribution is 5.96. The van der Waals surface area contributed by atoms with Gasteiger partial charge in [-0.1, -0.05) is 30.3 Å². The van der Waals surface area contributed by atoms with Crippen molar-refractivity contribution in [1.29, 1.82) is 0 Å². The number of benzene rings is 2. The maximum absolute atomic E-state index is 12.8. The van der Waals surface area contributed by atoms with E-state index in [1.807, 2.05) is 30.3 Å².